The Balaban J connectivity index is 1.89. The molecule has 1 atom stereocenters. The van der Waals surface area contributed by atoms with E-state index in [0.29, 0.717) is 17.9 Å². The van der Waals surface area contributed by atoms with Crippen molar-refractivity contribution in [1.82, 2.24) is 9.80 Å². The highest BCUT2D eigenvalue weighted by atomic mass is 16.2. The Morgan fingerprint density at radius 3 is 2.57 bits per heavy atom. The topological polar surface area (TPSA) is 23.6 Å². The minimum Gasteiger partial charge on any atom is -0.341 e. The molecule has 0 aromatic carbocycles. The summed E-state index contributed by atoms with van der Waals surface area (Å²) in [5, 5.41) is 0. The first-order valence-corrected chi connectivity index (χ1v) is 5.63. The lowest BCUT2D eigenvalue weighted by Crippen LogP contribution is -2.47. The highest BCUT2D eigenvalue weighted by Crippen LogP contribution is 2.32. The quantitative estimate of drug-likeness (QED) is 0.656. The van der Waals surface area contributed by atoms with Gasteiger partial charge in [0.1, 0.15) is 0 Å². The Morgan fingerprint density at radius 1 is 1.29 bits per heavy atom. The van der Waals surface area contributed by atoms with Crippen molar-refractivity contribution in [3.63, 3.8) is 0 Å². The summed E-state index contributed by atoms with van der Waals surface area (Å²) in [5.74, 6) is 0.799. The molecule has 0 spiro atoms. The van der Waals surface area contributed by atoms with Crippen LogP contribution in [-0.4, -0.2) is 48.9 Å². The molecule has 1 unspecified atom stereocenters. The first kappa shape index (κ1) is 9.97. The number of likely N-dealkylation sites (tertiary alicyclic amines) is 1. The highest BCUT2D eigenvalue weighted by Gasteiger charge is 2.35. The van der Waals surface area contributed by atoms with Crippen LogP contribution in [0.1, 0.15) is 25.7 Å². The van der Waals surface area contributed by atoms with Crippen LogP contribution in [0.3, 0.4) is 0 Å². The average molecular weight is 196 g/mol. The number of likely N-dealkylation sites (N-methyl/N-ethyl adjacent to an activating group) is 1. The molecule has 0 bridgehead atoms. The average Bonchev–Trinajstić information content (AvgIpc) is 3.00. The monoisotopic (exact) mass is 196 g/mol. The SMILES string of the molecule is CN(C)C1CCCN(C(=O)C2CC2)C1. The van der Waals surface area contributed by atoms with Crippen molar-refractivity contribution in [2.24, 2.45) is 5.92 Å². The van der Waals surface area contributed by atoms with E-state index in [-0.39, 0.29) is 0 Å². The first-order valence-electron chi connectivity index (χ1n) is 5.63. The van der Waals surface area contributed by atoms with E-state index in [9.17, 15) is 4.79 Å². The maximum atomic E-state index is 11.8. The van der Waals surface area contributed by atoms with Crippen LogP contribution in [-0.2, 0) is 4.79 Å². The molecular weight excluding hydrogens is 176 g/mol. The fraction of sp³-hybridized carbons (Fsp3) is 0.909. The molecular formula is C11H20N2O. The van der Waals surface area contributed by atoms with Crippen LogP contribution in [0.5, 0.6) is 0 Å². The summed E-state index contributed by atoms with van der Waals surface area (Å²) in [5.41, 5.74) is 0. The van der Waals surface area contributed by atoms with Crippen molar-refractivity contribution < 1.29 is 4.79 Å². The van der Waals surface area contributed by atoms with Crippen molar-refractivity contribution in [3.05, 3.63) is 0 Å². The molecule has 0 aromatic rings. The number of hydrogen-bond donors (Lipinski definition) is 0. The maximum Gasteiger partial charge on any atom is 0.225 e. The Hall–Kier alpha value is -0.570. The van der Waals surface area contributed by atoms with E-state index >= 15 is 0 Å². The predicted molar refractivity (Wildman–Crippen MR) is 56.0 cm³/mol. The summed E-state index contributed by atoms with van der Waals surface area (Å²) < 4.78 is 0. The molecule has 2 rings (SSSR count). The van der Waals surface area contributed by atoms with Gasteiger partial charge in [-0.3, -0.25) is 4.79 Å². The number of hydrogen-bond acceptors (Lipinski definition) is 2. The van der Waals surface area contributed by atoms with E-state index in [2.05, 4.69) is 23.9 Å². The molecule has 0 aromatic heterocycles. The van der Waals surface area contributed by atoms with E-state index in [1.165, 1.54) is 12.8 Å². The molecule has 1 saturated heterocycles. The van der Waals surface area contributed by atoms with Gasteiger partial charge in [-0.25, -0.2) is 0 Å². The summed E-state index contributed by atoms with van der Waals surface area (Å²) in [4.78, 5) is 16.2. The standard InChI is InChI=1S/C11H20N2O/c1-12(2)10-4-3-7-13(8-10)11(14)9-5-6-9/h9-10H,3-8H2,1-2H3. The van der Waals surface area contributed by atoms with Gasteiger partial charge < -0.3 is 9.80 Å². The lowest BCUT2D eigenvalue weighted by molar-refractivity contribution is -0.134. The van der Waals surface area contributed by atoms with Crippen LogP contribution in [0.25, 0.3) is 0 Å². The smallest absolute Gasteiger partial charge is 0.225 e. The maximum absolute atomic E-state index is 11.8. The summed E-state index contributed by atoms with van der Waals surface area (Å²) in [7, 11) is 4.21. The van der Waals surface area contributed by atoms with Crippen LogP contribution in [0.4, 0.5) is 0 Å². The number of rotatable bonds is 2. The molecule has 1 saturated carbocycles. The zero-order valence-electron chi connectivity index (χ0n) is 9.20. The van der Waals surface area contributed by atoms with E-state index in [1.54, 1.807) is 0 Å². The molecule has 1 heterocycles. The molecule has 0 N–H and O–H groups in total. The predicted octanol–water partition coefficient (Wildman–Crippen LogP) is 0.949. The number of amides is 1. The van der Waals surface area contributed by atoms with Crippen LogP contribution in [0, 0.1) is 5.92 Å². The van der Waals surface area contributed by atoms with E-state index < -0.39 is 0 Å². The third kappa shape index (κ3) is 2.08. The minimum atomic E-state index is 0.385. The van der Waals surface area contributed by atoms with Gasteiger partial charge in [0.15, 0.2) is 0 Å². The molecule has 3 nitrogen and oxygen atoms in total. The number of carbonyl (C=O) groups is 1. The lowest BCUT2D eigenvalue weighted by Gasteiger charge is -2.36. The molecule has 1 amide bonds. The van der Waals surface area contributed by atoms with Gasteiger partial charge in [0.2, 0.25) is 5.91 Å². The summed E-state index contributed by atoms with van der Waals surface area (Å²) in [6.07, 6.45) is 4.66. The molecule has 2 fully saturated rings. The Kier molecular flexibility index (Phi) is 2.77. The normalized spacial score (nSPS) is 28.2. The van der Waals surface area contributed by atoms with E-state index in [0.717, 1.165) is 25.9 Å². The van der Waals surface area contributed by atoms with Gasteiger partial charge in [-0.1, -0.05) is 0 Å². The fourth-order valence-electron chi connectivity index (χ4n) is 2.16. The van der Waals surface area contributed by atoms with Crippen molar-refractivity contribution in [3.8, 4) is 0 Å². The van der Waals surface area contributed by atoms with Gasteiger partial charge in [-0.05, 0) is 39.8 Å². The van der Waals surface area contributed by atoms with Crippen molar-refractivity contribution >= 4 is 5.91 Å². The van der Waals surface area contributed by atoms with Gasteiger partial charge in [-0.2, -0.15) is 0 Å². The number of nitrogens with zero attached hydrogens (tertiary/aromatic N) is 2. The Labute approximate surface area is 86.1 Å². The zero-order chi connectivity index (χ0) is 10.1. The van der Waals surface area contributed by atoms with E-state index in [4.69, 9.17) is 0 Å². The van der Waals surface area contributed by atoms with Crippen LogP contribution in [0.15, 0.2) is 0 Å². The van der Waals surface area contributed by atoms with Crippen LogP contribution in [0.2, 0.25) is 0 Å². The Morgan fingerprint density at radius 2 is 2.00 bits per heavy atom. The largest absolute Gasteiger partial charge is 0.341 e. The second-order valence-corrected chi connectivity index (χ2v) is 4.82. The van der Waals surface area contributed by atoms with Crippen LogP contribution < -0.4 is 0 Å². The molecule has 3 heteroatoms. The Bertz CT molecular complexity index is 223. The van der Waals surface area contributed by atoms with Gasteiger partial charge in [0, 0.05) is 25.0 Å². The van der Waals surface area contributed by atoms with Crippen LogP contribution >= 0.6 is 0 Å². The number of piperidine rings is 1. The minimum absolute atomic E-state index is 0.385. The van der Waals surface area contributed by atoms with Crippen molar-refractivity contribution in [2.75, 3.05) is 27.2 Å². The van der Waals surface area contributed by atoms with Crippen molar-refractivity contribution in [2.45, 2.75) is 31.7 Å². The summed E-state index contributed by atoms with van der Waals surface area (Å²) >= 11 is 0. The van der Waals surface area contributed by atoms with Gasteiger partial charge in [0.25, 0.3) is 0 Å². The second kappa shape index (κ2) is 3.89. The molecule has 0 radical (unpaired) electrons. The lowest BCUT2D eigenvalue weighted by atomic mass is 10.0. The van der Waals surface area contributed by atoms with Gasteiger partial charge in [0.05, 0.1) is 0 Å². The summed E-state index contributed by atoms with van der Waals surface area (Å²) in [6.45, 7) is 1.93. The first-order chi connectivity index (χ1) is 6.68. The molecule has 1 aliphatic heterocycles. The highest BCUT2D eigenvalue weighted by molar-refractivity contribution is 5.81. The third-order valence-electron chi connectivity index (χ3n) is 3.37. The fourth-order valence-corrected chi connectivity index (χ4v) is 2.16. The van der Waals surface area contributed by atoms with E-state index in [1.807, 2.05) is 0 Å². The molecule has 1 aliphatic carbocycles. The molecule has 14 heavy (non-hydrogen) atoms. The van der Waals surface area contributed by atoms with Crippen molar-refractivity contribution in [1.29, 1.82) is 0 Å². The molecule has 2 aliphatic rings. The second-order valence-electron chi connectivity index (χ2n) is 4.82. The zero-order valence-corrected chi connectivity index (χ0v) is 9.20. The van der Waals surface area contributed by atoms with Gasteiger partial charge >= 0.3 is 0 Å². The molecule has 80 valence electrons. The third-order valence-corrected chi connectivity index (χ3v) is 3.37. The summed E-state index contributed by atoms with van der Waals surface area (Å²) in [6, 6.07) is 0.575. The van der Waals surface area contributed by atoms with Gasteiger partial charge in [-0.15, -0.1) is 0 Å². The number of carbonyl (C=O) groups excluding carboxylic acids is 1.